The van der Waals surface area contributed by atoms with Crippen LogP contribution in [0.15, 0.2) is 27.7 Å². The molecule has 0 aliphatic heterocycles. The topological polar surface area (TPSA) is 35.5 Å². The predicted molar refractivity (Wildman–Crippen MR) is 74.3 cm³/mol. The molecule has 92 valence electrons. The second-order valence-corrected chi connectivity index (χ2v) is 5.16. The Morgan fingerprint density at radius 3 is 2.71 bits per heavy atom. The van der Waals surface area contributed by atoms with Gasteiger partial charge in [0.25, 0.3) is 0 Å². The van der Waals surface area contributed by atoms with Gasteiger partial charge in [-0.3, -0.25) is 4.79 Å². The van der Waals surface area contributed by atoms with Gasteiger partial charge in [0.15, 0.2) is 11.5 Å². The number of rotatable bonds is 6. The molecule has 3 nitrogen and oxygen atoms in total. The van der Waals surface area contributed by atoms with Gasteiger partial charge in [0.2, 0.25) is 0 Å². The van der Waals surface area contributed by atoms with Crippen LogP contribution in [-0.2, 0) is 0 Å². The summed E-state index contributed by atoms with van der Waals surface area (Å²) in [5, 5.41) is 0. The summed E-state index contributed by atoms with van der Waals surface area (Å²) < 4.78 is 12.4. The first kappa shape index (κ1) is 14.3. The zero-order chi connectivity index (χ0) is 12.8. The van der Waals surface area contributed by atoms with Crippen molar-refractivity contribution in [2.45, 2.75) is 6.92 Å². The number of aldehydes is 1. The third kappa shape index (κ3) is 4.16. The lowest BCUT2D eigenvalue weighted by Crippen LogP contribution is -2.02. The predicted octanol–water partition coefficient (Wildman–Crippen LogP) is 3.95. The number of halogens is 2. The first-order valence-electron chi connectivity index (χ1n) is 4.96. The normalized spacial score (nSPS) is 9.82. The van der Waals surface area contributed by atoms with E-state index in [1.165, 1.54) is 0 Å². The molecule has 1 aromatic carbocycles. The average molecular weight is 364 g/mol. The lowest BCUT2D eigenvalue weighted by Gasteiger charge is -2.13. The molecule has 0 heterocycles. The van der Waals surface area contributed by atoms with Crippen molar-refractivity contribution in [2.24, 2.45) is 0 Å². The monoisotopic (exact) mass is 362 g/mol. The van der Waals surface area contributed by atoms with Crippen molar-refractivity contribution in [1.82, 2.24) is 0 Å². The number of benzene rings is 1. The van der Waals surface area contributed by atoms with Crippen LogP contribution in [0.2, 0.25) is 0 Å². The van der Waals surface area contributed by atoms with Gasteiger partial charge in [0.1, 0.15) is 12.9 Å². The molecule has 5 heteroatoms. The summed E-state index contributed by atoms with van der Waals surface area (Å²) in [7, 11) is 0. The van der Waals surface area contributed by atoms with Crippen LogP contribution in [-0.4, -0.2) is 19.5 Å². The first-order valence-corrected chi connectivity index (χ1v) is 6.54. The maximum Gasteiger partial charge on any atom is 0.175 e. The van der Waals surface area contributed by atoms with Crippen LogP contribution in [0.25, 0.3) is 0 Å². The Hall–Kier alpha value is -0.810. The van der Waals surface area contributed by atoms with E-state index >= 15 is 0 Å². The molecule has 0 bridgehead atoms. The van der Waals surface area contributed by atoms with E-state index < -0.39 is 0 Å². The molecule has 0 amide bonds. The Balaban J connectivity index is 3.06. The first-order chi connectivity index (χ1) is 8.08. The van der Waals surface area contributed by atoms with Crippen LogP contribution in [0.5, 0.6) is 11.5 Å². The van der Waals surface area contributed by atoms with Crippen molar-refractivity contribution in [3.05, 3.63) is 33.2 Å². The van der Waals surface area contributed by atoms with Crippen molar-refractivity contribution in [1.29, 1.82) is 0 Å². The van der Waals surface area contributed by atoms with E-state index in [2.05, 4.69) is 38.4 Å². The standard InChI is InChI=1S/C12H12Br2O3/c1-3-16-11-5-9(6-15)4-10(14)12(11)17-7-8(2)13/h4-6H,2-3,7H2,1H3. The number of hydrogen-bond donors (Lipinski definition) is 0. The van der Waals surface area contributed by atoms with E-state index in [-0.39, 0.29) is 0 Å². The Morgan fingerprint density at radius 2 is 2.18 bits per heavy atom. The van der Waals surface area contributed by atoms with Crippen molar-refractivity contribution in [2.75, 3.05) is 13.2 Å². The molecule has 0 saturated carbocycles. The zero-order valence-electron chi connectivity index (χ0n) is 9.33. The second-order valence-electron chi connectivity index (χ2n) is 3.19. The molecule has 0 fully saturated rings. The number of carbonyl (C=O) groups is 1. The largest absolute Gasteiger partial charge is 0.490 e. The molecule has 0 radical (unpaired) electrons. The molecule has 0 aromatic heterocycles. The van der Waals surface area contributed by atoms with Gasteiger partial charge >= 0.3 is 0 Å². The summed E-state index contributed by atoms with van der Waals surface area (Å²) in [6, 6.07) is 3.33. The summed E-state index contributed by atoms with van der Waals surface area (Å²) in [5.74, 6) is 1.11. The lowest BCUT2D eigenvalue weighted by atomic mass is 10.2. The van der Waals surface area contributed by atoms with E-state index in [1.807, 2.05) is 6.92 Å². The van der Waals surface area contributed by atoms with E-state index in [4.69, 9.17) is 9.47 Å². The van der Waals surface area contributed by atoms with Crippen LogP contribution in [0.4, 0.5) is 0 Å². The molecule has 0 spiro atoms. The van der Waals surface area contributed by atoms with Crippen molar-refractivity contribution >= 4 is 38.1 Å². The van der Waals surface area contributed by atoms with Crippen molar-refractivity contribution in [3.63, 3.8) is 0 Å². The van der Waals surface area contributed by atoms with E-state index in [1.54, 1.807) is 12.1 Å². The SMILES string of the molecule is C=C(Br)COc1c(Br)cc(C=O)cc1OCC. The molecule has 0 aliphatic rings. The van der Waals surface area contributed by atoms with Crippen molar-refractivity contribution in [3.8, 4) is 11.5 Å². The fraction of sp³-hybridized carbons (Fsp3) is 0.250. The summed E-state index contributed by atoms with van der Waals surface area (Å²) >= 11 is 6.57. The summed E-state index contributed by atoms with van der Waals surface area (Å²) in [5.41, 5.74) is 0.533. The van der Waals surface area contributed by atoms with Gasteiger partial charge < -0.3 is 9.47 Å². The molecule has 0 aliphatic carbocycles. The minimum atomic E-state index is 0.332. The minimum absolute atomic E-state index is 0.332. The van der Waals surface area contributed by atoms with Gasteiger partial charge in [-0.15, -0.1) is 0 Å². The molecule has 0 N–H and O–H groups in total. The van der Waals surface area contributed by atoms with Gasteiger partial charge in [-0.25, -0.2) is 0 Å². The molecule has 0 atom stereocenters. The number of ether oxygens (including phenoxy) is 2. The summed E-state index contributed by atoms with van der Waals surface area (Å²) in [6.45, 7) is 6.39. The maximum absolute atomic E-state index is 10.8. The third-order valence-corrected chi connectivity index (χ3v) is 2.66. The van der Waals surface area contributed by atoms with Crippen LogP contribution in [0.1, 0.15) is 17.3 Å². The Labute approximate surface area is 117 Å². The minimum Gasteiger partial charge on any atom is -0.490 e. The quantitative estimate of drug-likeness (QED) is 0.718. The molecule has 0 saturated heterocycles. The zero-order valence-corrected chi connectivity index (χ0v) is 12.5. The molecule has 1 aromatic rings. The highest BCUT2D eigenvalue weighted by Crippen LogP contribution is 2.36. The Morgan fingerprint density at radius 1 is 1.47 bits per heavy atom. The van der Waals surface area contributed by atoms with Gasteiger partial charge in [0.05, 0.1) is 11.1 Å². The molecule has 0 unspecified atom stereocenters. The van der Waals surface area contributed by atoms with E-state index in [0.717, 1.165) is 10.8 Å². The highest BCUT2D eigenvalue weighted by Gasteiger charge is 2.12. The summed E-state index contributed by atoms with van der Waals surface area (Å²) in [6.07, 6.45) is 0.764. The Bertz CT molecular complexity index is 430. The van der Waals surface area contributed by atoms with E-state index in [9.17, 15) is 4.79 Å². The van der Waals surface area contributed by atoms with Gasteiger partial charge in [-0.2, -0.15) is 0 Å². The van der Waals surface area contributed by atoms with Crippen molar-refractivity contribution < 1.29 is 14.3 Å². The van der Waals surface area contributed by atoms with Gasteiger partial charge in [-0.1, -0.05) is 22.5 Å². The molecular weight excluding hydrogens is 352 g/mol. The van der Waals surface area contributed by atoms with E-state index in [0.29, 0.717) is 34.7 Å². The Kier molecular flexibility index (Phi) is 5.71. The molecule has 1 rings (SSSR count). The lowest BCUT2D eigenvalue weighted by molar-refractivity contribution is 0.112. The smallest absolute Gasteiger partial charge is 0.175 e. The van der Waals surface area contributed by atoms with Crippen LogP contribution >= 0.6 is 31.9 Å². The van der Waals surface area contributed by atoms with Gasteiger partial charge in [0, 0.05) is 10.0 Å². The molecular formula is C12H12Br2O3. The summed E-state index contributed by atoms with van der Waals surface area (Å²) in [4.78, 5) is 10.8. The van der Waals surface area contributed by atoms with Gasteiger partial charge in [-0.05, 0) is 35.0 Å². The fourth-order valence-corrected chi connectivity index (χ4v) is 1.90. The highest BCUT2D eigenvalue weighted by atomic mass is 79.9. The second kappa shape index (κ2) is 6.81. The van der Waals surface area contributed by atoms with Crippen LogP contribution < -0.4 is 9.47 Å². The van der Waals surface area contributed by atoms with Crippen LogP contribution in [0.3, 0.4) is 0 Å². The fourth-order valence-electron chi connectivity index (χ4n) is 1.21. The number of carbonyl (C=O) groups excluding carboxylic acids is 1. The third-order valence-electron chi connectivity index (χ3n) is 1.84. The average Bonchev–Trinajstić information content (AvgIpc) is 2.27. The number of hydrogen-bond acceptors (Lipinski definition) is 3. The maximum atomic E-state index is 10.8. The highest BCUT2D eigenvalue weighted by molar-refractivity contribution is 9.11. The van der Waals surface area contributed by atoms with Crippen LogP contribution in [0, 0.1) is 0 Å². The molecule has 17 heavy (non-hydrogen) atoms.